The van der Waals surface area contributed by atoms with Crippen LogP contribution < -0.4 is 14.4 Å². The van der Waals surface area contributed by atoms with Crippen LogP contribution in [0.15, 0.2) is 42.5 Å². The Hall–Kier alpha value is -2.85. The van der Waals surface area contributed by atoms with Crippen molar-refractivity contribution in [2.45, 2.75) is 64.1 Å². The number of hydrogen-bond donors (Lipinski definition) is 1. The van der Waals surface area contributed by atoms with Crippen molar-refractivity contribution in [3.05, 3.63) is 58.9 Å². The minimum Gasteiger partial charge on any atom is -0.495 e. The van der Waals surface area contributed by atoms with E-state index in [2.05, 4.69) is 5.32 Å². The molecule has 1 N–H and O–H groups in total. The van der Waals surface area contributed by atoms with Gasteiger partial charge in [-0.1, -0.05) is 42.6 Å². The molecular formula is C27H35ClFN3O5S. The Kier molecular flexibility index (Phi) is 10.4. The van der Waals surface area contributed by atoms with E-state index >= 15 is 0 Å². The maximum absolute atomic E-state index is 14.4. The number of anilines is 1. The zero-order valence-corrected chi connectivity index (χ0v) is 23.5. The van der Waals surface area contributed by atoms with Gasteiger partial charge in [0, 0.05) is 31.1 Å². The third-order valence-corrected chi connectivity index (χ3v) is 8.23. The average molecular weight is 568 g/mol. The van der Waals surface area contributed by atoms with Crippen molar-refractivity contribution in [2.24, 2.45) is 0 Å². The summed E-state index contributed by atoms with van der Waals surface area (Å²) in [6.45, 7) is 1.57. The summed E-state index contributed by atoms with van der Waals surface area (Å²) in [5.41, 5.74) is 0.644. The molecule has 2 aromatic carbocycles. The molecule has 2 aromatic rings. The van der Waals surface area contributed by atoms with Gasteiger partial charge in [-0.3, -0.25) is 13.9 Å². The molecule has 1 fully saturated rings. The first-order valence-electron chi connectivity index (χ1n) is 12.7. The smallest absolute Gasteiger partial charge is 0.242 e. The number of ether oxygens (including phenoxy) is 1. The van der Waals surface area contributed by atoms with Crippen LogP contribution in [0.5, 0.6) is 5.75 Å². The van der Waals surface area contributed by atoms with Gasteiger partial charge in [0.2, 0.25) is 21.8 Å². The Balaban J connectivity index is 1.74. The highest BCUT2D eigenvalue weighted by molar-refractivity contribution is 7.92. The van der Waals surface area contributed by atoms with Crippen LogP contribution in [0.3, 0.4) is 0 Å². The highest BCUT2D eigenvalue weighted by atomic mass is 35.5. The number of carbonyl (C=O) groups is 2. The highest BCUT2D eigenvalue weighted by Crippen LogP contribution is 2.30. The van der Waals surface area contributed by atoms with Gasteiger partial charge in [0.05, 0.1) is 24.1 Å². The second-order valence-electron chi connectivity index (χ2n) is 9.54. The maximum Gasteiger partial charge on any atom is 0.242 e. The average Bonchev–Trinajstić information content (AvgIpc) is 3.38. The predicted molar refractivity (Wildman–Crippen MR) is 146 cm³/mol. The van der Waals surface area contributed by atoms with E-state index in [4.69, 9.17) is 16.3 Å². The van der Waals surface area contributed by atoms with Gasteiger partial charge in [-0.25, -0.2) is 12.8 Å². The number of benzene rings is 2. The van der Waals surface area contributed by atoms with Crippen LogP contribution in [-0.4, -0.2) is 57.1 Å². The van der Waals surface area contributed by atoms with Crippen LogP contribution in [0.2, 0.25) is 5.02 Å². The van der Waals surface area contributed by atoms with Gasteiger partial charge in [-0.05, 0) is 50.5 Å². The first-order chi connectivity index (χ1) is 18.0. The Morgan fingerprint density at radius 2 is 1.87 bits per heavy atom. The second kappa shape index (κ2) is 13.3. The van der Waals surface area contributed by atoms with Crippen LogP contribution in [0, 0.1) is 5.82 Å². The monoisotopic (exact) mass is 567 g/mol. The van der Waals surface area contributed by atoms with E-state index in [9.17, 15) is 22.4 Å². The van der Waals surface area contributed by atoms with Crippen molar-refractivity contribution in [2.75, 3.05) is 24.2 Å². The number of halogens is 2. The zero-order valence-electron chi connectivity index (χ0n) is 22.0. The number of methoxy groups -OCH3 is 1. The molecule has 1 atom stereocenters. The van der Waals surface area contributed by atoms with Gasteiger partial charge in [0.1, 0.15) is 17.6 Å². The van der Waals surface area contributed by atoms with Crippen molar-refractivity contribution in [1.29, 1.82) is 0 Å². The molecule has 208 valence electrons. The zero-order chi connectivity index (χ0) is 27.9. The molecule has 11 heteroatoms. The molecule has 3 rings (SSSR count). The van der Waals surface area contributed by atoms with Gasteiger partial charge >= 0.3 is 0 Å². The molecule has 0 spiro atoms. The fraction of sp³-hybridized carbons (Fsp3) is 0.481. The van der Waals surface area contributed by atoms with E-state index in [1.165, 1.54) is 28.4 Å². The Morgan fingerprint density at radius 1 is 1.18 bits per heavy atom. The molecule has 1 aliphatic rings. The molecular weight excluding hydrogens is 533 g/mol. The van der Waals surface area contributed by atoms with Gasteiger partial charge < -0.3 is 15.0 Å². The van der Waals surface area contributed by atoms with Gasteiger partial charge in [-0.2, -0.15) is 0 Å². The summed E-state index contributed by atoms with van der Waals surface area (Å²) in [5.74, 6) is -0.711. The standard InChI is InChI=1S/C27H35ClFN3O5S/c1-19(27(34)30-21-10-5-6-11-21)31(18-20-9-4-7-12-24(20)29)26(33)13-8-16-32(38(3,35)36)22-14-15-25(37-2)23(28)17-22/h4,7,9,12,14-15,17,19,21H,5-6,8,10-11,13,16,18H2,1-3H3,(H,30,34)/t19-/m0/s1. The number of carbonyl (C=O) groups excluding carboxylic acids is 2. The van der Waals surface area contributed by atoms with Gasteiger partial charge in [-0.15, -0.1) is 0 Å². The third-order valence-electron chi connectivity index (χ3n) is 6.74. The molecule has 38 heavy (non-hydrogen) atoms. The quantitative estimate of drug-likeness (QED) is 0.407. The molecule has 0 aliphatic heterocycles. The lowest BCUT2D eigenvalue weighted by atomic mass is 10.1. The summed E-state index contributed by atoms with van der Waals surface area (Å²) in [5, 5.41) is 3.27. The van der Waals surface area contributed by atoms with E-state index < -0.39 is 21.9 Å². The molecule has 0 bridgehead atoms. The van der Waals surface area contributed by atoms with E-state index in [1.807, 2.05) is 0 Å². The summed E-state index contributed by atoms with van der Waals surface area (Å²) in [6, 6.07) is 10.0. The Labute approximate surface area is 229 Å². The fourth-order valence-electron chi connectivity index (χ4n) is 4.60. The number of sulfonamides is 1. The van der Waals surface area contributed by atoms with Crippen LogP contribution >= 0.6 is 11.6 Å². The van der Waals surface area contributed by atoms with Crippen molar-refractivity contribution in [1.82, 2.24) is 10.2 Å². The maximum atomic E-state index is 14.4. The summed E-state index contributed by atoms with van der Waals surface area (Å²) in [4.78, 5) is 27.7. The molecule has 1 saturated carbocycles. The number of hydrogen-bond acceptors (Lipinski definition) is 5. The summed E-state index contributed by atoms with van der Waals surface area (Å²) in [7, 11) is -2.21. The first-order valence-corrected chi connectivity index (χ1v) is 14.9. The molecule has 8 nitrogen and oxygen atoms in total. The van der Waals surface area contributed by atoms with Crippen LogP contribution in [0.4, 0.5) is 10.1 Å². The van der Waals surface area contributed by atoms with Crippen molar-refractivity contribution in [3.63, 3.8) is 0 Å². The molecule has 2 amide bonds. The lowest BCUT2D eigenvalue weighted by Crippen LogP contribution is -2.49. The first kappa shape index (κ1) is 29.7. The SMILES string of the molecule is COc1ccc(N(CCCC(=O)N(Cc2ccccc2F)[C@@H](C)C(=O)NC2CCCC2)S(C)(=O)=O)cc1Cl. The number of nitrogens with zero attached hydrogens (tertiary/aromatic N) is 2. The minimum atomic E-state index is -3.67. The molecule has 1 aliphatic carbocycles. The predicted octanol–water partition coefficient (Wildman–Crippen LogP) is 4.51. The van der Waals surface area contributed by atoms with Crippen LogP contribution in [-0.2, 0) is 26.2 Å². The van der Waals surface area contributed by atoms with E-state index in [0.717, 1.165) is 31.9 Å². The van der Waals surface area contributed by atoms with E-state index in [0.29, 0.717) is 17.0 Å². The van der Waals surface area contributed by atoms with Crippen LogP contribution in [0.1, 0.15) is 51.0 Å². The summed E-state index contributed by atoms with van der Waals surface area (Å²) >= 11 is 6.19. The largest absolute Gasteiger partial charge is 0.495 e. The Morgan fingerprint density at radius 3 is 2.47 bits per heavy atom. The van der Waals surface area contributed by atoms with Gasteiger partial charge in [0.15, 0.2) is 0 Å². The molecule has 0 radical (unpaired) electrons. The molecule has 0 saturated heterocycles. The normalized spacial score (nSPS) is 14.7. The highest BCUT2D eigenvalue weighted by Gasteiger charge is 2.29. The van der Waals surface area contributed by atoms with Crippen molar-refractivity contribution < 1.29 is 27.1 Å². The summed E-state index contributed by atoms with van der Waals surface area (Å²) in [6.07, 6.45) is 5.12. The number of amides is 2. The lowest BCUT2D eigenvalue weighted by Gasteiger charge is -2.30. The third kappa shape index (κ3) is 7.83. The molecule has 0 aromatic heterocycles. The lowest BCUT2D eigenvalue weighted by molar-refractivity contribution is -0.141. The van der Waals surface area contributed by atoms with Gasteiger partial charge in [0.25, 0.3) is 0 Å². The number of rotatable bonds is 12. The fourth-order valence-corrected chi connectivity index (χ4v) is 5.81. The minimum absolute atomic E-state index is 0.0173. The summed E-state index contributed by atoms with van der Waals surface area (Å²) < 4.78 is 45.8. The van der Waals surface area contributed by atoms with Crippen molar-refractivity contribution in [3.8, 4) is 5.75 Å². The van der Waals surface area contributed by atoms with Crippen molar-refractivity contribution >= 4 is 39.1 Å². The second-order valence-corrected chi connectivity index (χ2v) is 11.9. The number of nitrogens with one attached hydrogen (secondary N) is 1. The Bertz CT molecular complexity index is 1240. The topological polar surface area (TPSA) is 96.0 Å². The van der Waals surface area contributed by atoms with E-state index in [-0.39, 0.29) is 48.8 Å². The van der Waals surface area contributed by atoms with Crippen LogP contribution in [0.25, 0.3) is 0 Å². The van der Waals surface area contributed by atoms with E-state index in [1.54, 1.807) is 37.3 Å². The molecule has 0 unspecified atom stereocenters. The molecule has 0 heterocycles.